The number of nitrogens with zero attached hydrogens (tertiary/aromatic N) is 1. The van der Waals surface area contributed by atoms with Crippen LogP contribution >= 0.6 is 0 Å². The highest BCUT2D eigenvalue weighted by atomic mass is 32.2. The first-order valence-corrected chi connectivity index (χ1v) is 9.98. The first kappa shape index (κ1) is 18.9. The molecule has 6 heteroatoms. The molecule has 0 bridgehead atoms. The molecule has 0 unspecified atom stereocenters. The van der Waals surface area contributed by atoms with Gasteiger partial charge in [-0.15, -0.1) is 0 Å². The second-order valence-electron chi connectivity index (χ2n) is 6.43. The Kier molecular flexibility index (Phi) is 5.48. The third-order valence-corrected chi connectivity index (χ3v) is 5.63. The summed E-state index contributed by atoms with van der Waals surface area (Å²) < 4.78 is 28.1. The van der Waals surface area contributed by atoms with Crippen molar-refractivity contribution in [2.45, 2.75) is 11.5 Å². The van der Waals surface area contributed by atoms with Crippen molar-refractivity contribution in [3.8, 4) is 11.1 Å². The van der Waals surface area contributed by atoms with Crippen molar-refractivity contribution in [2.75, 3.05) is 23.7 Å². The van der Waals surface area contributed by atoms with E-state index in [9.17, 15) is 8.42 Å². The highest BCUT2D eigenvalue weighted by Crippen LogP contribution is 2.25. The summed E-state index contributed by atoms with van der Waals surface area (Å²) in [5.74, 6) is 0. The van der Waals surface area contributed by atoms with Crippen LogP contribution in [0.5, 0.6) is 0 Å². The first-order chi connectivity index (χ1) is 12.9. The fourth-order valence-electron chi connectivity index (χ4n) is 2.69. The van der Waals surface area contributed by atoms with Crippen molar-refractivity contribution in [1.29, 1.82) is 0 Å². The topological polar surface area (TPSA) is 69.6 Å². The lowest BCUT2D eigenvalue weighted by molar-refractivity contribution is 0.282. The molecule has 0 saturated heterocycles. The van der Waals surface area contributed by atoms with Gasteiger partial charge in [0.1, 0.15) is 0 Å². The maximum atomic E-state index is 12.7. The number of benzene rings is 3. The van der Waals surface area contributed by atoms with Crippen molar-refractivity contribution in [2.24, 2.45) is 0 Å². The molecule has 0 aliphatic rings. The molecule has 27 heavy (non-hydrogen) atoms. The van der Waals surface area contributed by atoms with E-state index in [0.717, 1.165) is 22.4 Å². The highest BCUT2D eigenvalue weighted by Gasteiger charge is 2.15. The fourth-order valence-corrected chi connectivity index (χ4v) is 3.79. The summed E-state index contributed by atoms with van der Waals surface area (Å²) >= 11 is 0. The van der Waals surface area contributed by atoms with E-state index in [1.54, 1.807) is 30.3 Å². The summed E-state index contributed by atoms with van der Waals surface area (Å²) in [4.78, 5) is 2.15. The Hall–Kier alpha value is -2.83. The molecular weight excluding hydrogens is 360 g/mol. The first-order valence-electron chi connectivity index (χ1n) is 8.49. The zero-order valence-corrected chi connectivity index (χ0v) is 16.1. The molecule has 3 aromatic rings. The van der Waals surface area contributed by atoms with Gasteiger partial charge in [-0.05, 0) is 53.1 Å². The molecule has 0 amide bonds. The summed E-state index contributed by atoms with van der Waals surface area (Å²) in [6.45, 7) is -0.0226. The summed E-state index contributed by atoms with van der Waals surface area (Å²) in [5, 5.41) is 9.15. The van der Waals surface area contributed by atoms with Gasteiger partial charge in [0.2, 0.25) is 0 Å². The number of rotatable bonds is 6. The van der Waals surface area contributed by atoms with Crippen LogP contribution in [0.15, 0.2) is 77.7 Å². The number of hydrogen-bond acceptors (Lipinski definition) is 4. The van der Waals surface area contributed by atoms with Gasteiger partial charge < -0.3 is 10.0 Å². The van der Waals surface area contributed by atoms with Crippen molar-refractivity contribution in [3.63, 3.8) is 0 Å². The van der Waals surface area contributed by atoms with E-state index in [2.05, 4.69) is 4.72 Å². The SMILES string of the molecule is CN(C)c1ccc(NS(=O)(=O)c2cccc(-c3ccc(CO)cc3)c2)cc1. The van der Waals surface area contributed by atoms with Crippen LogP contribution in [0, 0.1) is 0 Å². The van der Waals surface area contributed by atoms with E-state index < -0.39 is 10.0 Å². The third kappa shape index (κ3) is 4.48. The van der Waals surface area contributed by atoms with Gasteiger partial charge in [-0.3, -0.25) is 4.72 Å². The summed E-state index contributed by atoms with van der Waals surface area (Å²) in [6, 6.07) is 21.4. The maximum Gasteiger partial charge on any atom is 0.261 e. The van der Waals surface area contributed by atoms with Gasteiger partial charge in [0.05, 0.1) is 11.5 Å². The molecule has 0 saturated carbocycles. The van der Waals surface area contributed by atoms with Gasteiger partial charge in [0.25, 0.3) is 10.0 Å². The van der Waals surface area contributed by atoms with Crippen LogP contribution in [-0.2, 0) is 16.6 Å². The molecule has 3 rings (SSSR count). The molecule has 140 valence electrons. The third-order valence-electron chi connectivity index (χ3n) is 4.25. The molecule has 5 nitrogen and oxygen atoms in total. The molecule has 0 heterocycles. The van der Waals surface area contributed by atoms with Crippen LogP contribution < -0.4 is 9.62 Å². The number of aliphatic hydroxyl groups excluding tert-OH is 1. The summed E-state index contributed by atoms with van der Waals surface area (Å²) in [6.07, 6.45) is 0. The van der Waals surface area contributed by atoms with E-state index in [1.807, 2.05) is 61.5 Å². The molecule has 0 radical (unpaired) electrons. The average molecular weight is 382 g/mol. The van der Waals surface area contributed by atoms with Crippen molar-refractivity contribution in [3.05, 3.63) is 78.4 Å². The molecule has 2 N–H and O–H groups in total. The zero-order chi connectivity index (χ0) is 19.4. The van der Waals surface area contributed by atoms with Crippen molar-refractivity contribution in [1.82, 2.24) is 0 Å². The molecule has 3 aromatic carbocycles. The van der Waals surface area contributed by atoms with Crippen molar-refractivity contribution >= 4 is 21.4 Å². The summed E-state index contributed by atoms with van der Waals surface area (Å²) in [5.41, 5.74) is 4.00. The largest absolute Gasteiger partial charge is 0.392 e. The van der Waals surface area contributed by atoms with E-state index >= 15 is 0 Å². The van der Waals surface area contributed by atoms with Crippen LogP contribution in [0.1, 0.15) is 5.56 Å². The zero-order valence-electron chi connectivity index (χ0n) is 15.3. The Bertz CT molecular complexity index is 1010. The monoisotopic (exact) mass is 382 g/mol. The van der Waals surface area contributed by atoms with Gasteiger partial charge in [0.15, 0.2) is 0 Å². The van der Waals surface area contributed by atoms with Gasteiger partial charge in [-0.25, -0.2) is 8.42 Å². The lowest BCUT2D eigenvalue weighted by Gasteiger charge is -2.14. The van der Waals surface area contributed by atoms with E-state index in [-0.39, 0.29) is 11.5 Å². The molecule has 0 aromatic heterocycles. The predicted molar refractivity (Wildman–Crippen MR) is 109 cm³/mol. The van der Waals surface area contributed by atoms with Crippen LogP contribution in [0.2, 0.25) is 0 Å². The molecule has 0 atom stereocenters. The Morgan fingerprint density at radius 1 is 0.889 bits per heavy atom. The van der Waals surface area contributed by atoms with Gasteiger partial charge in [-0.1, -0.05) is 36.4 Å². The second-order valence-corrected chi connectivity index (χ2v) is 8.11. The fraction of sp³-hybridized carbons (Fsp3) is 0.143. The predicted octanol–water partition coefficient (Wildman–Crippen LogP) is 3.71. The number of anilines is 2. The highest BCUT2D eigenvalue weighted by molar-refractivity contribution is 7.92. The minimum Gasteiger partial charge on any atom is -0.392 e. The summed E-state index contributed by atoms with van der Waals surface area (Å²) in [7, 11) is 0.163. The van der Waals surface area contributed by atoms with Gasteiger partial charge in [-0.2, -0.15) is 0 Å². The Labute approximate surface area is 160 Å². The van der Waals surface area contributed by atoms with Gasteiger partial charge >= 0.3 is 0 Å². The molecular formula is C21H22N2O3S. The van der Waals surface area contributed by atoms with Crippen LogP contribution in [0.3, 0.4) is 0 Å². The van der Waals surface area contributed by atoms with Gasteiger partial charge in [0, 0.05) is 25.5 Å². The maximum absolute atomic E-state index is 12.7. The van der Waals surface area contributed by atoms with E-state index in [4.69, 9.17) is 5.11 Å². The minimum atomic E-state index is -3.69. The molecule has 0 aliphatic heterocycles. The number of aliphatic hydroxyl groups is 1. The lowest BCUT2D eigenvalue weighted by Crippen LogP contribution is -2.13. The molecule has 0 fully saturated rings. The number of hydrogen-bond donors (Lipinski definition) is 2. The average Bonchev–Trinajstić information content (AvgIpc) is 2.68. The number of sulfonamides is 1. The van der Waals surface area contributed by atoms with Crippen LogP contribution in [0.4, 0.5) is 11.4 Å². The lowest BCUT2D eigenvalue weighted by atomic mass is 10.0. The normalized spacial score (nSPS) is 11.2. The quantitative estimate of drug-likeness (QED) is 0.682. The molecule has 0 aliphatic carbocycles. The number of nitrogens with one attached hydrogen (secondary N) is 1. The Morgan fingerprint density at radius 2 is 1.56 bits per heavy atom. The minimum absolute atomic E-state index is 0.0226. The molecule has 0 spiro atoms. The van der Waals surface area contributed by atoms with Crippen molar-refractivity contribution < 1.29 is 13.5 Å². The Morgan fingerprint density at radius 3 is 2.15 bits per heavy atom. The second kappa shape index (κ2) is 7.82. The Balaban J connectivity index is 1.86. The van der Waals surface area contributed by atoms with Crippen LogP contribution in [0.25, 0.3) is 11.1 Å². The van der Waals surface area contributed by atoms with E-state index in [1.165, 1.54) is 0 Å². The van der Waals surface area contributed by atoms with Crippen LogP contribution in [-0.4, -0.2) is 27.6 Å². The standard InChI is InChI=1S/C21H22N2O3S/c1-23(2)20-12-10-19(11-13-20)22-27(25,26)21-5-3-4-18(14-21)17-8-6-16(15-24)7-9-17/h3-14,22,24H,15H2,1-2H3. The smallest absolute Gasteiger partial charge is 0.261 e. The van der Waals surface area contributed by atoms with E-state index in [0.29, 0.717) is 5.69 Å².